The Hall–Kier alpha value is -3.65. The van der Waals surface area contributed by atoms with Crippen LogP contribution in [-0.4, -0.2) is 68.1 Å². The molecule has 0 radical (unpaired) electrons. The first-order valence-corrected chi connectivity index (χ1v) is 14.3. The molecule has 1 saturated heterocycles. The van der Waals surface area contributed by atoms with E-state index in [0.717, 1.165) is 32.5 Å². The van der Waals surface area contributed by atoms with Gasteiger partial charge in [0.15, 0.2) is 11.5 Å². The molecule has 1 aromatic heterocycles. The molecule has 0 bridgehead atoms. The summed E-state index contributed by atoms with van der Waals surface area (Å²) in [6.45, 7) is 8.50. The fourth-order valence-corrected chi connectivity index (χ4v) is 5.21. The van der Waals surface area contributed by atoms with Gasteiger partial charge in [0.05, 0.1) is 53.3 Å². The monoisotopic (exact) mass is 615 g/mol. The Kier molecular flexibility index (Phi) is 10.1. The van der Waals surface area contributed by atoms with Gasteiger partial charge in [-0.25, -0.2) is 4.79 Å². The topological polar surface area (TPSA) is 118 Å². The first-order chi connectivity index (χ1) is 20.0. The van der Waals surface area contributed by atoms with Gasteiger partial charge in [0.25, 0.3) is 0 Å². The largest absolute Gasteiger partial charge is 0.495 e. The van der Waals surface area contributed by atoms with Gasteiger partial charge < -0.3 is 34.5 Å². The van der Waals surface area contributed by atoms with Gasteiger partial charge in [-0.1, -0.05) is 23.2 Å². The van der Waals surface area contributed by atoms with Gasteiger partial charge in [-0.15, -0.1) is 0 Å². The molecular weight excluding hydrogens is 581 g/mol. The number of methoxy groups -OCH3 is 2. The zero-order chi connectivity index (χ0) is 30.4. The first kappa shape index (κ1) is 31.3. The van der Waals surface area contributed by atoms with Gasteiger partial charge in [-0.3, -0.25) is 4.98 Å². The normalized spacial score (nSPS) is 15.2. The van der Waals surface area contributed by atoms with Crippen LogP contribution in [0.1, 0.15) is 39.2 Å². The number of pyridine rings is 1. The van der Waals surface area contributed by atoms with E-state index in [1.165, 1.54) is 13.3 Å². The summed E-state index contributed by atoms with van der Waals surface area (Å²) >= 11 is 12.6. The number of likely N-dealkylation sites (tertiary alicyclic amines) is 1. The van der Waals surface area contributed by atoms with Crippen LogP contribution in [0.4, 0.5) is 16.2 Å². The van der Waals surface area contributed by atoms with Crippen LogP contribution in [0, 0.1) is 11.3 Å². The minimum absolute atomic E-state index is 0.0670. The lowest BCUT2D eigenvalue weighted by Gasteiger charge is -2.22. The Bertz CT molecular complexity index is 1490. The molecule has 0 spiro atoms. The quantitative estimate of drug-likeness (QED) is 0.245. The molecule has 224 valence electrons. The summed E-state index contributed by atoms with van der Waals surface area (Å²) in [5, 5.41) is 17.4. The molecule has 1 aliphatic heterocycles. The van der Waals surface area contributed by atoms with E-state index < -0.39 is 5.60 Å². The minimum atomic E-state index is -0.520. The van der Waals surface area contributed by atoms with Crippen molar-refractivity contribution in [3.8, 4) is 23.3 Å². The van der Waals surface area contributed by atoms with Crippen molar-refractivity contribution < 1.29 is 23.7 Å². The molecule has 12 heteroatoms. The number of aromatic nitrogens is 1. The average molecular weight is 617 g/mol. The number of hydrogen-bond donors (Lipinski definition) is 2. The highest BCUT2D eigenvalue weighted by Crippen LogP contribution is 2.40. The second kappa shape index (κ2) is 13.6. The highest BCUT2D eigenvalue weighted by Gasteiger charge is 2.26. The number of carbonyl (C=O) groups excluding carboxylic acids is 1. The summed E-state index contributed by atoms with van der Waals surface area (Å²) in [5.74, 6) is 1.49. The number of halogens is 2. The van der Waals surface area contributed by atoms with E-state index in [0.29, 0.717) is 61.7 Å². The van der Waals surface area contributed by atoms with E-state index in [1.807, 2.05) is 20.8 Å². The zero-order valence-electron chi connectivity index (χ0n) is 24.3. The van der Waals surface area contributed by atoms with Crippen LogP contribution in [0.2, 0.25) is 10.0 Å². The standard InChI is InChI=1S/C30H35Cl2N5O5/c1-30(2,3)42-29(38)35-19-7-9-37(17-19)8-6-10-41-27-13-23-20(11-26(27)40-5)28(18(15-33)16-34-23)36-24-14-25(39-4)22(32)12-21(24)31/h11-14,16,19H,6-10,17H2,1-5H3,(H,34,36)(H,35,38). The van der Waals surface area contributed by atoms with Gasteiger partial charge in [-0.05, 0) is 45.7 Å². The van der Waals surface area contributed by atoms with E-state index in [9.17, 15) is 10.1 Å². The molecule has 1 amide bonds. The highest BCUT2D eigenvalue weighted by atomic mass is 35.5. The van der Waals surface area contributed by atoms with Crippen molar-refractivity contribution in [1.29, 1.82) is 5.26 Å². The van der Waals surface area contributed by atoms with Crippen molar-refractivity contribution in [3.05, 3.63) is 46.1 Å². The first-order valence-electron chi connectivity index (χ1n) is 13.6. The van der Waals surface area contributed by atoms with Gasteiger partial charge >= 0.3 is 6.09 Å². The lowest BCUT2D eigenvalue weighted by Crippen LogP contribution is -2.40. The van der Waals surface area contributed by atoms with Crippen LogP contribution in [0.5, 0.6) is 17.2 Å². The lowest BCUT2D eigenvalue weighted by atomic mass is 10.1. The van der Waals surface area contributed by atoms with Crippen LogP contribution in [-0.2, 0) is 4.74 Å². The van der Waals surface area contributed by atoms with Crippen LogP contribution in [0.15, 0.2) is 30.5 Å². The molecule has 2 heterocycles. The number of rotatable bonds is 10. The van der Waals surface area contributed by atoms with Crippen LogP contribution in [0.25, 0.3) is 10.9 Å². The van der Waals surface area contributed by atoms with E-state index >= 15 is 0 Å². The number of hydrogen-bond acceptors (Lipinski definition) is 9. The molecule has 10 nitrogen and oxygen atoms in total. The third kappa shape index (κ3) is 7.79. The Balaban J connectivity index is 1.42. The fourth-order valence-electron chi connectivity index (χ4n) is 4.71. The van der Waals surface area contributed by atoms with Crippen molar-refractivity contribution in [3.63, 3.8) is 0 Å². The molecule has 3 aromatic rings. The molecule has 0 aliphatic carbocycles. The second-order valence-electron chi connectivity index (χ2n) is 10.9. The van der Waals surface area contributed by atoms with Gasteiger partial charge in [-0.2, -0.15) is 5.26 Å². The van der Waals surface area contributed by atoms with Crippen molar-refractivity contribution >= 4 is 51.6 Å². The third-order valence-electron chi connectivity index (χ3n) is 6.64. The summed E-state index contributed by atoms with van der Waals surface area (Å²) < 4.78 is 22.4. The number of nitrogens with zero attached hydrogens (tertiary/aromatic N) is 3. The van der Waals surface area contributed by atoms with E-state index in [1.54, 1.807) is 31.4 Å². The maximum atomic E-state index is 12.1. The number of amides is 1. The molecule has 1 fully saturated rings. The van der Waals surface area contributed by atoms with Crippen molar-refractivity contribution in [1.82, 2.24) is 15.2 Å². The molecule has 1 unspecified atom stereocenters. The van der Waals surface area contributed by atoms with Crippen LogP contribution < -0.4 is 24.8 Å². The Morgan fingerprint density at radius 1 is 1.12 bits per heavy atom. The molecule has 2 aromatic carbocycles. The van der Waals surface area contributed by atoms with Crippen LogP contribution >= 0.6 is 23.2 Å². The second-order valence-corrected chi connectivity index (χ2v) is 11.7. The molecule has 1 atom stereocenters. The maximum Gasteiger partial charge on any atom is 0.407 e. The van der Waals surface area contributed by atoms with E-state index in [4.69, 9.17) is 42.1 Å². The molecule has 4 rings (SSSR count). The lowest BCUT2D eigenvalue weighted by molar-refractivity contribution is 0.0505. The van der Waals surface area contributed by atoms with Crippen molar-refractivity contribution in [2.45, 2.75) is 45.3 Å². The zero-order valence-corrected chi connectivity index (χ0v) is 25.9. The predicted molar refractivity (Wildman–Crippen MR) is 164 cm³/mol. The molecule has 1 aliphatic rings. The Morgan fingerprint density at radius 3 is 2.57 bits per heavy atom. The smallest absolute Gasteiger partial charge is 0.407 e. The van der Waals surface area contributed by atoms with Crippen molar-refractivity contribution in [2.75, 3.05) is 45.8 Å². The van der Waals surface area contributed by atoms with Gasteiger partial charge in [0, 0.05) is 49.4 Å². The minimum Gasteiger partial charge on any atom is -0.495 e. The Labute approximate surface area is 255 Å². The number of benzene rings is 2. The SMILES string of the molecule is COc1cc(Nc2c(C#N)cnc3cc(OCCCN4CCC(NC(=O)OC(C)(C)C)C4)c(OC)cc23)c(Cl)cc1Cl. The number of carbonyl (C=O) groups is 1. The molecule has 0 saturated carbocycles. The summed E-state index contributed by atoms with van der Waals surface area (Å²) in [6.07, 6.45) is 2.77. The summed E-state index contributed by atoms with van der Waals surface area (Å²) in [6, 6.07) is 9.07. The maximum absolute atomic E-state index is 12.1. The fraction of sp³-hybridized carbons (Fsp3) is 0.433. The molecular formula is C30H35Cl2N5O5. The Morgan fingerprint density at radius 2 is 1.88 bits per heavy atom. The van der Waals surface area contributed by atoms with Crippen molar-refractivity contribution in [2.24, 2.45) is 0 Å². The predicted octanol–water partition coefficient (Wildman–Crippen LogP) is 6.54. The summed E-state index contributed by atoms with van der Waals surface area (Å²) in [5.41, 5.74) is 1.45. The summed E-state index contributed by atoms with van der Waals surface area (Å²) in [4.78, 5) is 18.8. The highest BCUT2D eigenvalue weighted by molar-refractivity contribution is 6.37. The molecule has 42 heavy (non-hydrogen) atoms. The van der Waals surface area contributed by atoms with Gasteiger partial charge in [0.2, 0.25) is 0 Å². The van der Waals surface area contributed by atoms with E-state index in [-0.39, 0.29) is 12.1 Å². The number of anilines is 2. The van der Waals surface area contributed by atoms with E-state index in [2.05, 4.69) is 26.6 Å². The average Bonchev–Trinajstić information content (AvgIpc) is 3.37. The number of fused-ring (bicyclic) bond motifs is 1. The van der Waals surface area contributed by atoms with Gasteiger partial charge in [0.1, 0.15) is 17.4 Å². The number of nitrogens with one attached hydrogen (secondary N) is 2. The summed E-state index contributed by atoms with van der Waals surface area (Å²) in [7, 11) is 3.07. The molecule has 2 N–H and O–H groups in total. The third-order valence-corrected chi connectivity index (χ3v) is 7.25. The number of nitriles is 1. The van der Waals surface area contributed by atoms with Crippen LogP contribution in [0.3, 0.4) is 0 Å². The number of alkyl carbamates (subject to hydrolysis) is 1. The number of ether oxygens (including phenoxy) is 4.